The maximum absolute atomic E-state index is 10.5. The molecule has 1 aromatic heterocycles. The standard InChI is InChI=1S/C11H14BrN3.C7H8O3S/c12-9-3-10(5-13-4-9)15-6-8-1-2-14-11(8)7-15;1-6-2-4-7(5-3-6)11(8,9)10/h3-5,8,11,14H,1-2,6-7H2;2-5H,1H3,(H,8,9,10)/t8-,11+;/m0./s1. The summed E-state index contributed by atoms with van der Waals surface area (Å²) in [7, 11) is -4.02. The number of nitrogens with zero attached hydrogens (tertiary/aromatic N) is 2. The van der Waals surface area contributed by atoms with Gasteiger partial charge in [-0.05, 0) is 59.9 Å². The average molecular weight is 440 g/mol. The van der Waals surface area contributed by atoms with E-state index in [2.05, 4.69) is 37.2 Å². The molecule has 140 valence electrons. The Kier molecular flexibility index (Phi) is 5.96. The summed E-state index contributed by atoms with van der Waals surface area (Å²) in [5.41, 5.74) is 2.19. The normalized spacial score (nSPS) is 21.9. The molecule has 0 bridgehead atoms. The Hall–Kier alpha value is -1.48. The Morgan fingerprint density at radius 3 is 2.58 bits per heavy atom. The molecule has 2 N–H and O–H groups in total. The van der Waals surface area contributed by atoms with E-state index in [0.29, 0.717) is 6.04 Å². The van der Waals surface area contributed by atoms with Crippen molar-refractivity contribution in [1.82, 2.24) is 10.3 Å². The van der Waals surface area contributed by atoms with Crippen molar-refractivity contribution >= 4 is 31.7 Å². The minimum Gasteiger partial charge on any atom is -0.368 e. The summed E-state index contributed by atoms with van der Waals surface area (Å²) in [6, 6.07) is 8.83. The molecule has 0 radical (unpaired) electrons. The summed E-state index contributed by atoms with van der Waals surface area (Å²) in [6.07, 6.45) is 5.10. The van der Waals surface area contributed by atoms with E-state index in [-0.39, 0.29) is 4.90 Å². The first-order chi connectivity index (χ1) is 12.3. The lowest BCUT2D eigenvalue weighted by Crippen LogP contribution is -2.30. The predicted molar refractivity (Wildman–Crippen MR) is 105 cm³/mol. The molecule has 0 aliphatic carbocycles. The molecule has 3 heterocycles. The van der Waals surface area contributed by atoms with E-state index in [1.807, 2.05) is 19.3 Å². The van der Waals surface area contributed by atoms with E-state index in [1.54, 1.807) is 12.1 Å². The molecule has 0 saturated carbocycles. The fourth-order valence-corrected chi connectivity index (χ4v) is 4.18. The smallest absolute Gasteiger partial charge is 0.294 e. The van der Waals surface area contributed by atoms with Gasteiger partial charge in [0.1, 0.15) is 0 Å². The van der Waals surface area contributed by atoms with Crippen molar-refractivity contribution in [2.24, 2.45) is 5.92 Å². The van der Waals surface area contributed by atoms with E-state index >= 15 is 0 Å². The Labute approximate surface area is 162 Å². The van der Waals surface area contributed by atoms with E-state index < -0.39 is 10.1 Å². The lowest BCUT2D eigenvalue weighted by atomic mass is 10.1. The summed E-state index contributed by atoms with van der Waals surface area (Å²) in [5.74, 6) is 0.837. The third-order valence-electron chi connectivity index (χ3n) is 4.74. The number of rotatable bonds is 2. The average Bonchev–Trinajstić information content (AvgIpc) is 3.16. The number of hydrogen-bond donors (Lipinski definition) is 2. The van der Waals surface area contributed by atoms with Gasteiger partial charge >= 0.3 is 0 Å². The molecule has 26 heavy (non-hydrogen) atoms. The highest BCUT2D eigenvalue weighted by molar-refractivity contribution is 9.10. The molecule has 2 aromatic rings. The van der Waals surface area contributed by atoms with Crippen LogP contribution in [-0.2, 0) is 10.1 Å². The van der Waals surface area contributed by atoms with Gasteiger partial charge in [-0.25, -0.2) is 0 Å². The number of pyridine rings is 1. The quantitative estimate of drug-likeness (QED) is 0.699. The largest absolute Gasteiger partial charge is 0.368 e. The summed E-state index contributed by atoms with van der Waals surface area (Å²) in [4.78, 5) is 6.58. The van der Waals surface area contributed by atoms with Crippen LogP contribution < -0.4 is 10.2 Å². The minimum absolute atomic E-state index is 0.0666. The zero-order valence-corrected chi connectivity index (χ0v) is 16.9. The van der Waals surface area contributed by atoms with Crippen LogP contribution in [0.5, 0.6) is 0 Å². The second-order valence-electron chi connectivity index (χ2n) is 6.66. The van der Waals surface area contributed by atoms with E-state index in [9.17, 15) is 8.42 Å². The van der Waals surface area contributed by atoms with Crippen LogP contribution in [-0.4, -0.2) is 43.6 Å². The lowest BCUT2D eigenvalue weighted by Gasteiger charge is -2.19. The van der Waals surface area contributed by atoms with Crippen LogP contribution in [0.4, 0.5) is 5.69 Å². The molecule has 2 atom stereocenters. The fourth-order valence-electron chi connectivity index (χ4n) is 3.34. The highest BCUT2D eigenvalue weighted by Crippen LogP contribution is 2.29. The van der Waals surface area contributed by atoms with Gasteiger partial charge in [0, 0.05) is 29.8 Å². The Morgan fingerprint density at radius 1 is 1.23 bits per heavy atom. The summed E-state index contributed by atoms with van der Waals surface area (Å²) < 4.78 is 30.6. The molecule has 2 aliphatic heterocycles. The van der Waals surface area contributed by atoms with Gasteiger partial charge in [-0.2, -0.15) is 8.42 Å². The van der Waals surface area contributed by atoms with Crippen molar-refractivity contribution in [3.63, 3.8) is 0 Å². The topological polar surface area (TPSA) is 82.5 Å². The van der Waals surface area contributed by atoms with Crippen LogP contribution in [0.25, 0.3) is 0 Å². The molecule has 2 aliphatic rings. The number of hydrogen-bond acceptors (Lipinski definition) is 5. The number of benzene rings is 1. The van der Waals surface area contributed by atoms with Crippen molar-refractivity contribution in [3.05, 3.63) is 52.8 Å². The van der Waals surface area contributed by atoms with Crippen LogP contribution in [0, 0.1) is 12.8 Å². The Bertz CT molecular complexity index is 846. The Balaban J connectivity index is 0.000000160. The second-order valence-corrected chi connectivity index (χ2v) is 9.00. The van der Waals surface area contributed by atoms with Crippen molar-refractivity contribution in [2.45, 2.75) is 24.3 Å². The third-order valence-corrected chi connectivity index (χ3v) is 6.04. The molecule has 2 fully saturated rings. The van der Waals surface area contributed by atoms with Gasteiger partial charge in [-0.3, -0.25) is 9.54 Å². The zero-order valence-electron chi connectivity index (χ0n) is 14.5. The van der Waals surface area contributed by atoms with Crippen molar-refractivity contribution in [3.8, 4) is 0 Å². The van der Waals surface area contributed by atoms with E-state index in [1.165, 1.54) is 37.3 Å². The van der Waals surface area contributed by atoms with Gasteiger partial charge in [0.15, 0.2) is 0 Å². The monoisotopic (exact) mass is 439 g/mol. The Morgan fingerprint density at radius 2 is 1.96 bits per heavy atom. The van der Waals surface area contributed by atoms with Crippen LogP contribution in [0.15, 0.2) is 52.1 Å². The predicted octanol–water partition coefficient (Wildman–Crippen LogP) is 2.88. The van der Waals surface area contributed by atoms with E-state index in [0.717, 1.165) is 22.5 Å². The highest BCUT2D eigenvalue weighted by Gasteiger charge is 2.35. The maximum Gasteiger partial charge on any atom is 0.294 e. The first-order valence-corrected chi connectivity index (χ1v) is 10.7. The number of aromatic nitrogens is 1. The maximum atomic E-state index is 10.5. The van der Waals surface area contributed by atoms with Gasteiger partial charge in [-0.15, -0.1) is 0 Å². The summed E-state index contributed by atoms with van der Waals surface area (Å²) >= 11 is 3.47. The van der Waals surface area contributed by atoms with Crippen molar-refractivity contribution in [2.75, 3.05) is 24.5 Å². The van der Waals surface area contributed by atoms with Crippen LogP contribution in [0.2, 0.25) is 0 Å². The molecule has 6 nitrogen and oxygen atoms in total. The van der Waals surface area contributed by atoms with Gasteiger partial charge in [0.2, 0.25) is 0 Å². The first kappa shape index (κ1) is 19.3. The molecule has 4 rings (SSSR count). The van der Waals surface area contributed by atoms with Crippen molar-refractivity contribution in [1.29, 1.82) is 0 Å². The molecular weight excluding hydrogens is 418 g/mol. The molecule has 0 amide bonds. The van der Waals surface area contributed by atoms with Gasteiger partial charge in [0.05, 0.1) is 16.8 Å². The number of halogens is 1. The third kappa shape index (κ3) is 4.82. The van der Waals surface area contributed by atoms with Crippen molar-refractivity contribution < 1.29 is 13.0 Å². The van der Waals surface area contributed by atoms with Gasteiger partial charge in [-0.1, -0.05) is 17.7 Å². The number of anilines is 1. The minimum atomic E-state index is -4.02. The number of aryl methyl sites for hydroxylation is 1. The van der Waals surface area contributed by atoms with Gasteiger partial charge < -0.3 is 10.2 Å². The van der Waals surface area contributed by atoms with Crippen LogP contribution in [0.3, 0.4) is 0 Å². The zero-order chi connectivity index (χ0) is 18.7. The van der Waals surface area contributed by atoms with Crippen LogP contribution >= 0.6 is 15.9 Å². The summed E-state index contributed by atoms with van der Waals surface area (Å²) in [5, 5.41) is 3.56. The van der Waals surface area contributed by atoms with Gasteiger partial charge in [0.25, 0.3) is 10.1 Å². The molecule has 0 unspecified atom stereocenters. The number of nitrogens with one attached hydrogen (secondary N) is 1. The van der Waals surface area contributed by atoms with Crippen LogP contribution in [0.1, 0.15) is 12.0 Å². The summed E-state index contributed by atoms with van der Waals surface area (Å²) in [6.45, 7) is 5.34. The molecule has 2 saturated heterocycles. The highest BCUT2D eigenvalue weighted by atomic mass is 79.9. The SMILES string of the molecule is Brc1cncc(N2C[C@@H]3CCN[C@@H]3C2)c1.Cc1ccc(S(=O)(=O)O)cc1. The second kappa shape index (κ2) is 8.04. The number of fused-ring (bicyclic) bond motifs is 1. The van der Waals surface area contributed by atoms with E-state index in [4.69, 9.17) is 4.55 Å². The fraction of sp³-hybridized carbons (Fsp3) is 0.389. The molecular formula is C18H22BrN3O3S. The molecule has 1 aromatic carbocycles. The molecule has 0 spiro atoms. The lowest BCUT2D eigenvalue weighted by molar-refractivity contribution is 0.483. The first-order valence-electron chi connectivity index (χ1n) is 8.46. The molecule has 8 heteroatoms.